The molecule has 3 heterocycles. The van der Waals surface area contributed by atoms with Crippen LogP contribution in [0.2, 0.25) is 0 Å². The third-order valence-electron chi connectivity index (χ3n) is 7.06. The monoisotopic (exact) mass is 572 g/mol. The number of anilines is 1. The number of rotatable bonds is 5. The number of hydrogen-bond acceptors (Lipinski definition) is 5. The molecule has 2 aliphatic heterocycles. The largest absolute Gasteiger partial charge is 0.481 e. The molecule has 7 nitrogen and oxygen atoms in total. The minimum Gasteiger partial charge on any atom is -0.481 e. The van der Waals surface area contributed by atoms with Gasteiger partial charge in [0.1, 0.15) is 11.6 Å². The molecule has 0 aliphatic carbocycles. The van der Waals surface area contributed by atoms with E-state index in [0.29, 0.717) is 24.2 Å². The van der Waals surface area contributed by atoms with Gasteiger partial charge in [0.25, 0.3) is 5.91 Å². The number of carboxylic acids is 1. The molecule has 2 N–H and O–H groups in total. The number of benzene rings is 3. The van der Waals surface area contributed by atoms with Crippen molar-refractivity contribution in [1.29, 1.82) is 0 Å². The van der Waals surface area contributed by atoms with Crippen LogP contribution in [-0.4, -0.2) is 51.4 Å². The van der Waals surface area contributed by atoms with Crippen molar-refractivity contribution in [3.05, 3.63) is 119 Å². The Balaban J connectivity index is 0.000000208. The number of para-hydroxylation sites is 1. The molecule has 42 heavy (non-hydrogen) atoms. The Morgan fingerprint density at radius 2 is 1.69 bits per heavy atom. The molecule has 9 heteroatoms. The predicted molar refractivity (Wildman–Crippen MR) is 160 cm³/mol. The number of nitrogens with zero attached hydrogens (tertiary/aromatic N) is 3. The maximum Gasteiger partial charge on any atom is 0.303 e. The number of aryl methyl sites for hydroxylation is 1. The van der Waals surface area contributed by atoms with Gasteiger partial charge in [-0.2, -0.15) is 0 Å². The summed E-state index contributed by atoms with van der Waals surface area (Å²) in [5.41, 5.74) is 5.49. The Morgan fingerprint density at radius 3 is 2.26 bits per heavy atom. The highest BCUT2D eigenvalue weighted by molar-refractivity contribution is 5.96. The highest BCUT2D eigenvalue weighted by Crippen LogP contribution is 2.35. The molecule has 1 amide bonds. The SMILES string of the molecule is CCC(=O)O.CNc1ccc(C(=O)N2CC3CC2=CN3Cc2cc(F)cc(F)c2)cc1.Cc1cccc2cccnc12. The van der Waals surface area contributed by atoms with E-state index in [1.165, 1.54) is 23.1 Å². The van der Waals surface area contributed by atoms with Crippen molar-refractivity contribution in [3.63, 3.8) is 0 Å². The molecule has 6 rings (SSSR count). The second-order valence-electron chi connectivity index (χ2n) is 10.1. The molecule has 0 saturated carbocycles. The van der Waals surface area contributed by atoms with Gasteiger partial charge >= 0.3 is 5.97 Å². The third-order valence-corrected chi connectivity index (χ3v) is 7.06. The van der Waals surface area contributed by atoms with Crippen LogP contribution in [0.15, 0.2) is 90.9 Å². The van der Waals surface area contributed by atoms with Crippen molar-refractivity contribution < 1.29 is 23.5 Å². The van der Waals surface area contributed by atoms with Gasteiger partial charge in [0, 0.05) is 73.8 Å². The molecule has 1 saturated heterocycles. The number of likely N-dealkylation sites (tertiary alicyclic amines) is 1. The van der Waals surface area contributed by atoms with Crippen molar-refractivity contribution in [2.24, 2.45) is 0 Å². The Kier molecular flexibility index (Phi) is 9.85. The van der Waals surface area contributed by atoms with Crippen LogP contribution in [0.25, 0.3) is 10.9 Å². The van der Waals surface area contributed by atoms with Gasteiger partial charge in [-0.15, -0.1) is 0 Å². The van der Waals surface area contributed by atoms with Crippen molar-refractivity contribution in [3.8, 4) is 0 Å². The lowest BCUT2D eigenvalue weighted by atomic mass is 10.1. The van der Waals surface area contributed by atoms with Gasteiger partial charge in [-0.3, -0.25) is 14.6 Å². The van der Waals surface area contributed by atoms with E-state index >= 15 is 0 Å². The van der Waals surface area contributed by atoms with Gasteiger partial charge in [0.05, 0.1) is 11.6 Å². The molecule has 0 radical (unpaired) electrons. The minimum absolute atomic E-state index is 0.0159. The molecule has 1 unspecified atom stereocenters. The molecular formula is C33H34F2N4O3. The zero-order chi connectivity index (χ0) is 30.2. The summed E-state index contributed by atoms with van der Waals surface area (Å²) >= 11 is 0. The number of hydrogen-bond donors (Lipinski definition) is 2. The Bertz CT molecular complexity index is 1560. The lowest BCUT2D eigenvalue weighted by molar-refractivity contribution is -0.136. The normalized spacial score (nSPS) is 14.9. The molecule has 1 aromatic heterocycles. The summed E-state index contributed by atoms with van der Waals surface area (Å²) in [6, 6.07) is 21.3. The number of carbonyl (C=O) groups excluding carboxylic acids is 1. The van der Waals surface area contributed by atoms with E-state index < -0.39 is 17.6 Å². The predicted octanol–water partition coefficient (Wildman–Crippen LogP) is 6.60. The number of fused-ring (bicyclic) bond motifs is 3. The minimum atomic E-state index is -0.745. The number of pyridine rings is 1. The first-order chi connectivity index (χ1) is 20.2. The number of aliphatic carboxylic acids is 1. The van der Waals surface area contributed by atoms with Crippen molar-refractivity contribution in [2.75, 3.05) is 18.9 Å². The number of halogens is 2. The molecule has 4 aromatic rings. The lowest BCUT2D eigenvalue weighted by Crippen LogP contribution is -2.38. The van der Waals surface area contributed by atoms with E-state index in [2.05, 4.69) is 46.4 Å². The van der Waals surface area contributed by atoms with Crippen LogP contribution in [0.1, 0.15) is 41.3 Å². The first-order valence-corrected chi connectivity index (χ1v) is 13.7. The molecule has 1 fully saturated rings. The van der Waals surface area contributed by atoms with E-state index in [9.17, 15) is 18.4 Å². The van der Waals surface area contributed by atoms with Gasteiger partial charge in [-0.1, -0.05) is 31.2 Å². The lowest BCUT2D eigenvalue weighted by Gasteiger charge is -2.30. The van der Waals surface area contributed by atoms with Gasteiger partial charge in [-0.25, -0.2) is 8.78 Å². The zero-order valence-corrected chi connectivity index (χ0v) is 23.8. The van der Waals surface area contributed by atoms with Crippen LogP contribution in [-0.2, 0) is 11.3 Å². The van der Waals surface area contributed by atoms with Gasteiger partial charge in [0.2, 0.25) is 0 Å². The second kappa shape index (κ2) is 13.7. The van der Waals surface area contributed by atoms with Crippen molar-refractivity contribution >= 4 is 28.5 Å². The van der Waals surface area contributed by atoms with Gasteiger partial charge < -0.3 is 20.2 Å². The number of amides is 1. The molecule has 2 aliphatic rings. The van der Waals surface area contributed by atoms with Crippen LogP contribution < -0.4 is 5.32 Å². The van der Waals surface area contributed by atoms with Gasteiger partial charge in [0.15, 0.2) is 0 Å². The van der Waals surface area contributed by atoms with E-state index in [1.54, 1.807) is 11.8 Å². The molecular weight excluding hydrogens is 538 g/mol. The average molecular weight is 573 g/mol. The van der Waals surface area contributed by atoms with E-state index in [1.807, 2.05) is 49.8 Å². The fraction of sp³-hybridized carbons (Fsp3) is 0.242. The summed E-state index contributed by atoms with van der Waals surface area (Å²) in [5.74, 6) is -1.90. The zero-order valence-electron chi connectivity index (χ0n) is 23.8. The van der Waals surface area contributed by atoms with Crippen LogP contribution in [0, 0.1) is 18.6 Å². The van der Waals surface area contributed by atoms with E-state index in [0.717, 1.165) is 29.4 Å². The fourth-order valence-electron chi connectivity index (χ4n) is 4.88. The van der Waals surface area contributed by atoms with Crippen LogP contribution in [0.4, 0.5) is 14.5 Å². The number of carboxylic acid groups (broad SMARTS) is 1. The molecule has 1 atom stereocenters. The highest BCUT2D eigenvalue weighted by Gasteiger charge is 2.39. The summed E-state index contributed by atoms with van der Waals surface area (Å²) in [6.45, 7) is 4.70. The highest BCUT2D eigenvalue weighted by atomic mass is 19.1. The number of nitrogens with one attached hydrogen (secondary N) is 1. The van der Waals surface area contributed by atoms with Gasteiger partial charge in [-0.05, 0) is 60.5 Å². The first kappa shape index (κ1) is 30.2. The number of aromatic nitrogens is 1. The summed E-state index contributed by atoms with van der Waals surface area (Å²) < 4.78 is 26.7. The van der Waals surface area contributed by atoms with E-state index in [4.69, 9.17) is 5.11 Å². The number of carbonyl (C=O) groups is 2. The Labute approximate surface area is 244 Å². The second-order valence-corrected chi connectivity index (χ2v) is 10.1. The standard InChI is InChI=1S/C20H19F2N3O.C10H9N.C3H6O2/c1-23-17-4-2-14(3-5-17)20(26)25-12-18-9-19(25)11-24(18)10-13-6-15(21)8-16(22)7-13;1-8-4-2-5-9-6-3-7-11-10(8)9;1-2-3(4)5/h2-8,11,18,23H,9-10,12H2,1H3;2-7H,1H3;2H2,1H3,(H,4,5). The summed E-state index contributed by atoms with van der Waals surface area (Å²) in [5, 5.41) is 12.0. The Hall–Kier alpha value is -4.79. The van der Waals surface area contributed by atoms with Crippen LogP contribution in [0.3, 0.4) is 0 Å². The fourth-order valence-corrected chi connectivity index (χ4v) is 4.88. The summed E-state index contributed by atoms with van der Waals surface area (Å²) in [6.07, 6.45) is 4.75. The average Bonchev–Trinajstić information content (AvgIpc) is 3.58. The quantitative estimate of drug-likeness (QED) is 0.280. The topological polar surface area (TPSA) is 85.8 Å². The smallest absolute Gasteiger partial charge is 0.303 e. The van der Waals surface area contributed by atoms with Crippen LogP contribution >= 0.6 is 0 Å². The van der Waals surface area contributed by atoms with Crippen molar-refractivity contribution in [2.45, 2.75) is 39.3 Å². The van der Waals surface area contributed by atoms with E-state index in [-0.39, 0.29) is 18.4 Å². The maximum absolute atomic E-state index is 13.4. The molecule has 2 bridgehead atoms. The van der Waals surface area contributed by atoms with Crippen molar-refractivity contribution in [1.82, 2.24) is 14.8 Å². The molecule has 0 spiro atoms. The maximum atomic E-state index is 13.4. The summed E-state index contributed by atoms with van der Waals surface area (Å²) in [4.78, 5) is 30.2. The first-order valence-electron chi connectivity index (χ1n) is 13.7. The molecule has 3 aromatic carbocycles. The molecule has 218 valence electrons. The summed E-state index contributed by atoms with van der Waals surface area (Å²) in [7, 11) is 1.83. The van der Waals surface area contributed by atoms with Crippen LogP contribution in [0.5, 0.6) is 0 Å². The third kappa shape index (κ3) is 7.48. The Morgan fingerprint density at radius 1 is 1.02 bits per heavy atom.